The van der Waals surface area contributed by atoms with Gasteiger partial charge in [-0.25, -0.2) is 4.39 Å². The van der Waals surface area contributed by atoms with Gasteiger partial charge in [-0.05, 0) is 18.2 Å². The molecule has 0 atom stereocenters. The minimum atomic E-state index is 0.528. The van der Waals surface area contributed by atoms with Crippen LogP contribution in [0.4, 0.5) is 10.1 Å². The Balaban J connectivity index is 2.39. The molecule has 0 bridgehead atoms. The van der Waals surface area contributed by atoms with Gasteiger partial charge in [-0.3, -0.25) is 0 Å². The zero-order valence-electron chi connectivity index (χ0n) is 6.13. The predicted molar refractivity (Wildman–Crippen MR) is 45.2 cm³/mol. The van der Waals surface area contributed by atoms with Gasteiger partial charge in [0.1, 0.15) is 0 Å². The summed E-state index contributed by atoms with van der Waals surface area (Å²) in [5.74, 6) is 0. The average Bonchev–Trinajstić information content (AvgIpc) is 2.07. The van der Waals surface area contributed by atoms with Gasteiger partial charge < -0.3 is 5.32 Å². The van der Waals surface area contributed by atoms with Gasteiger partial charge in [-0.2, -0.15) is 0 Å². The van der Waals surface area contributed by atoms with Gasteiger partial charge >= 0.3 is 0 Å². The van der Waals surface area contributed by atoms with Crippen molar-refractivity contribution in [1.82, 2.24) is 0 Å². The first kappa shape index (κ1) is 7.79. The lowest BCUT2D eigenvalue weighted by Crippen LogP contribution is -1.96. The second-order valence-electron chi connectivity index (χ2n) is 2.11. The summed E-state index contributed by atoms with van der Waals surface area (Å²) in [7, 11) is 0. The molecule has 2 heteroatoms. The summed E-state index contributed by atoms with van der Waals surface area (Å²) in [6, 6.07) is 9.68. The normalized spacial score (nSPS) is 10.3. The first-order valence-corrected chi connectivity index (χ1v) is 3.47. The molecule has 0 fully saturated rings. The predicted octanol–water partition coefficient (Wildman–Crippen LogP) is 2.58. The van der Waals surface area contributed by atoms with Gasteiger partial charge in [-0.15, -0.1) is 0 Å². The van der Waals surface area contributed by atoms with E-state index in [0.717, 1.165) is 5.69 Å². The zero-order chi connectivity index (χ0) is 7.94. The SMILES string of the molecule is FC=CCNc1ccccc1. The van der Waals surface area contributed by atoms with E-state index in [0.29, 0.717) is 12.9 Å². The van der Waals surface area contributed by atoms with E-state index in [1.165, 1.54) is 6.08 Å². The third kappa shape index (κ3) is 2.85. The maximum atomic E-state index is 11.5. The summed E-state index contributed by atoms with van der Waals surface area (Å²) in [6.07, 6.45) is 1.96. The maximum Gasteiger partial charge on any atom is 0.0844 e. The molecule has 0 heterocycles. The second kappa shape index (κ2) is 4.50. The Morgan fingerprint density at radius 3 is 2.64 bits per heavy atom. The Morgan fingerprint density at radius 1 is 1.27 bits per heavy atom. The van der Waals surface area contributed by atoms with Crippen molar-refractivity contribution < 1.29 is 4.39 Å². The number of halogens is 1. The molecule has 0 amide bonds. The van der Waals surface area contributed by atoms with Crippen molar-refractivity contribution >= 4 is 5.69 Å². The number of rotatable bonds is 3. The highest BCUT2D eigenvalue weighted by molar-refractivity contribution is 5.42. The lowest BCUT2D eigenvalue weighted by molar-refractivity contribution is 0.718. The van der Waals surface area contributed by atoms with Gasteiger partial charge in [0.15, 0.2) is 0 Å². The van der Waals surface area contributed by atoms with Crippen LogP contribution in [0.5, 0.6) is 0 Å². The van der Waals surface area contributed by atoms with Crippen LogP contribution in [-0.2, 0) is 0 Å². The van der Waals surface area contributed by atoms with E-state index < -0.39 is 0 Å². The summed E-state index contributed by atoms with van der Waals surface area (Å²) >= 11 is 0. The first-order chi connectivity index (χ1) is 5.43. The smallest absolute Gasteiger partial charge is 0.0844 e. The molecule has 1 aromatic rings. The van der Waals surface area contributed by atoms with Gasteiger partial charge in [0.2, 0.25) is 0 Å². The third-order valence-corrected chi connectivity index (χ3v) is 1.29. The lowest BCUT2D eigenvalue weighted by atomic mass is 10.3. The molecule has 1 N–H and O–H groups in total. The van der Waals surface area contributed by atoms with Gasteiger partial charge in [0.25, 0.3) is 0 Å². The van der Waals surface area contributed by atoms with E-state index >= 15 is 0 Å². The molecule has 58 valence electrons. The minimum absolute atomic E-state index is 0.528. The minimum Gasteiger partial charge on any atom is -0.381 e. The Bertz CT molecular complexity index is 218. The highest BCUT2D eigenvalue weighted by Gasteiger charge is 1.83. The van der Waals surface area contributed by atoms with Gasteiger partial charge in [-0.1, -0.05) is 18.2 Å². The van der Waals surface area contributed by atoms with Crippen molar-refractivity contribution in [3.8, 4) is 0 Å². The second-order valence-corrected chi connectivity index (χ2v) is 2.11. The molecule has 0 aromatic heterocycles. The van der Waals surface area contributed by atoms with Crippen LogP contribution < -0.4 is 5.32 Å². The Labute approximate surface area is 65.6 Å². The first-order valence-electron chi connectivity index (χ1n) is 3.47. The molecule has 0 saturated carbocycles. The number of nitrogens with one attached hydrogen (secondary N) is 1. The molecule has 0 unspecified atom stereocenters. The van der Waals surface area contributed by atoms with E-state index in [-0.39, 0.29) is 0 Å². The highest BCUT2D eigenvalue weighted by atomic mass is 19.1. The monoisotopic (exact) mass is 151 g/mol. The number of anilines is 1. The summed E-state index contributed by atoms with van der Waals surface area (Å²) in [5, 5.41) is 3.02. The van der Waals surface area contributed by atoms with Crippen molar-refractivity contribution in [3.05, 3.63) is 42.7 Å². The largest absolute Gasteiger partial charge is 0.381 e. The van der Waals surface area contributed by atoms with Gasteiger partial charge in [0, 0.05) is 12.2 Å². The molecular weight excluding hydrogens is 141 g/mol. The third-order valence-electron chi connectivity index (χ3n) is 1.29. The van der Waals surface area contributed by atoms with Crippen LogP contribution >= 0.6 is 0 Å². The summed E-state index contributed by atoms with van der Waals surface area (Å²) < 4.78 is 11.5. The van der Waals surface area contributed by atoms with Crippen LogP contribution in [0.1, 0.15) is 0 Å². The molecular formula is C9H10FN. The molecule has 0 saturated heterocycles. The standard InChI is InChI=1S/C9H10FN/c10-7-4-8-11-9-5-2-1-3-6-9/h1-7,11H,8H2. The van der Waals surface area contributed by atoms with Crippen molar-refractivity contribution in [2.75, 3.05) is 11.9 Å². The van der Waals surface area contributed by atoms with Crippen molar-refractivity contribution in [1.29, 1.82) is 0 Å². The van der Waals surface area contributed by atoms with E-state index in [1.54, 1.807) is 0 Å². The van der Waals surface area contributed by atoms with E-state index in [4.69, 9.17) is 0 Å². The molecule has 1 rings (SSSR count). The Kier molecular flexibility index (Phi) is 3.19. The molecule has 11 heavy (non-hydrogen) atoms. The lowest BCUT2D eigenvalue weighted by Gasteiger charge is -2.00. The van der Waals surface area contributed by atoms with Crippen LogP contribution in [0.25, 0.3) is 0 Å². The molecule has 1 nitrogen and oxygen atoms in total. The van der Waals surface area contributed by atoms with Crippen molar-refractivity contribution in [3.63, 3.8) is 0 Å². The summed E-state index contributed by atoms with van der Waals surface area (Å²) in [4.78, 5) is 0. The van der Waals surface area contributed by atoms with Crippen LogP contribution in [0, 0.1) is 0 Å². The number of para-hydroxylation sites is 1. The number of benzene rings is 1. The van der Waals surface area contributed by atoms with Crippen LogP contribution in [0.3, 0.4) is 0 Å². The fourth-order valence-electron chi connectivity index (χ4n) is 0.777. The summed E-state index contributed by atoms with van der Waals surface area (Å²) in [6.45, 7) is 0.528. The fourth-order valence-corrected chi connectivity index (χ4v) is 0.777. The maximum absolute atomic E-state index is 11.5. The van der Waals surface area contributed by atoms with Crippen molar-refractivity contribution in [2.24, 2.45) is 0 Å². The number of hydrogen-bond acceptors (Lipinski definition) is 1. The van der Waals surface area contributed by atoms with Crippen LogP contribution in [0.15, 0.2) is 42.7 Å². The average molecular weight is 151 g/mol. The topological polar surface area (TPSA) is 12.0 Å². The molecule has 1 aromatic carbocycles. The van der Waals surface area contributed by atoms with Crippen LogP contribution in [0.2, 0.25) is 0 Å². The Hall–Kier alpha value is -1.31. The molecule has 0 aliphatic heterocycles. The fraction of sp³-hybridized carbons (Fsp3) is 0.111. The van der Waals surface area contributed by atoms with Crippen molar-refractivity contribution in [2.45, 2.75) is 0 Å². The molecule has 0 aliphatic carbocycles. The number of hydrogen-bond donors (Lipinski definition) is 1. The highest BCUT2D eigenvalue weighted by Crippen LogP contribution is 2.03. The van der Waals surface area contributed by atoms with E-state index in [1.807, 2.05) is 30.3 Å². The molecule has 0 radical (unpaired) electrons. The van der Waals surface area contributed by atoms with Gasteiger partial charge in [0.05, 0.1) is 6.33 Å². The van der Waals surface area contributed by atoms with E-state index in [2.05, 4.69) is 5.32 Å². The molecule has 0 spiro atoms. The van der Waals surface area contributed by atoms with E-state index in [9.17, 15) is 4.39 Å². The Morgan fingerprint density at radius 2 is 2.00 bits per heavy atom. The quantitative estimate of drug-likeness (QED) is 0.700. The summed E-state index contributed by atoms with van der Waals surface area (Å²) in [5.41, 5.74) is 1.01. The van der Waals surface area contributed by atoms with Crippen LogP contribution in [-0.4, -0.2) is 6.54 Å². The zero-order valence-corrected chi connectivity index (χ0v) is 6.13. The molecule has 0 aliphatic rings.